The Hall–Kier alpha value is -0.610. The van der Waals surface area contributed by atoms with Gasteiger partial charge in [-0.05, 0) is 26.2 Å². The largest absolute Gasteiger partial charge is 0.379 e. The maximum absolute atomic E-state index is 11.4. The molecule has 7 nitrogen and oxygen atoms in total. The van der Waals surface area contributed by atoms with E-state index in [1.165, 1.54) is 0 Å². The molecule has 2 heterocycles. The minimum atomic E-state index is 0. The van der Waals surface area contributed by atoms with E-state index < -0.39 is 0 Å². The van der Waals surface area contributed by atoms with Crippen LogP contribution < -0.4 is 5.32 Å². The number of piperazine rings is 1. The van der Waals surface area contributed by atoms with Gasteiger partial charge in [0.25, 0.3) is 0 Å². The fraction of sp³-hybridized carbons (Fsp3) is 0.882. The van der Waals surface area contributed by atoms with Crippen LogP contribution in [0.5, 0.6) is 0 Å². The Kier molecular flexibility index (Phi) is 11.4. The first-order valence-electron chi connectivity index (χ1n) is 9.18. The average molecular weight is 468 g/mol. The summed E-state index contributed by atoms with van der Waals surface area (Å²) < 4.78 is 11.2. The fourth-order valence-electron chi connectivity index (χ4n) is 3.00. The lowest BCUT2D eigenvalue weighted by atomic mass is 10.2. The second-order valence-corrected chi connectivity index (χ2v) is 6.29. The third-order valence-corrected chi connectivity index (χ3v) is 4.40. The van der Waals surface area contributed by atoms with Gasteiger partial charge in [0.05, 0.1) is 12.7 Å². The highest BCUT2D eigenvalue weighted by Gasteiger charge is 2.20. The van der Waals surface area contributed by atoms with Crippen molar-refractivity contribution in [2.45, 2.75) is 39.2 Å². The molecule has 0 aliphatic carbocycles. The molecule has 0 bridgehead atoms. The van der Waals surface area contributed by atoms with Crippen molar-refractivity contribution in [2.24, 2.45) is 4.99 Å². The molecule has 0 aromatic carbocycles. The van der Waals surface area contributed by atoms with Crippen LogP contribution in [0.4, 0.5) is 0 Å². The molecule has 1 atom stereocenters. The molecule has 0 aromatic rings. The van der Waals surface area contributed by atoms with Gasteiger partial charge >= 0.3 is 0 Å². The molecule has 1 N–H and O–H groups in total. The first-order chi connectivity index (χ1) is 11.7. The second-order valence-electron chi connectivity index (χ2n) is 6.29. The summed E-state index contributed by atoms with van der Waals surface area (Å²) in [4.78, 5) is 20.2. The van der Waals surface area contributed by atoms with Crippen molar-refractivity contribution in [2.75, 3.05) is 59.1 Å². The number of guanidine groups is 1. The van der Waals surface area contributed by atoms with Crippen LogP contribution in [0.2, 0.25) is 0 Å². The molecule has 0 spiro atoms. The van der Waals surface area contributed by atoms with E-state index in [1.54, 1.807) is 6.92 Å². The number of aliphatic imine (C=N–C) groups is 1. The highest BCUT2D eigenvalue weighted by molar-refractivity contribution is 14.0. The molecule has 1 unspecified atom stereocenters. The number of nitrogens with one attached hydrogen (secondary N) is 1. The van der Waals surface area contributed by atoms with Gasteiger partial charge in [-0.15, -0.1) is 24.0 Å². The SMILES string of the molecule is CCNC(=NCCCOCC1CCCO1)N1CCN(C(C)=O)CC1.I. The van der Waals surface area contributed by atoms with Gasteiger partial charge < -0.3 is 24.6 Å². The predicted octanol–water partition coefficient (Wildman–Crippen LogP) is 1.32. The Bertz CT molecular complexity index is 409. The standard InChI is InChI=1S/C17H32N4O3.HI/c1-3-18-17(21-10-8-20(9-11-21)15(2)22)19-7-5-12-23-14-16-6-4-13-24-16;/h16H,3-14H2,1-2H3,(H,18,19);1H. The van der Waals surface area contributed by atoms with Crippen molar-refractivity contribution in [1.82, 2.24) is 15.1 Å². The van der Waals surface area contributed by atoms with E-state index in [-0.39, 0.29) is 29.9 Å². The highest BCUT2D eigenvalue weighted by Crippen LogP contribution is 2.11. The molecule has 1 amide bonds. The van der Waals surface area contributed by atoms with Gasteiger partial charge in [-0.25, -0.2) is 0 Å². The molecule has 2 rings (SSSR count). The van der Waals surface area contributed by atoms with Crippen LogP contribution in [0, 0.1) is 0 Å². The Morgan fingerprint density at radius 3 is 2.60 bits per heavy atom. The zero-order valence-electron chi connectivity index (χ0n) is 15.5. The molecular weight excluding hydrogens is 435 g/mol. The Labute approximate surface area is 168 Å². The topological polar surface area (TPSA) is 66.4 Å². The number of rotatable bonds is 7. The molecule has 8 heteroatoms. The lowest BCUT2D eigenvalue weighted by Crippen LogP contribution is -2.53. The van der Waals surface area contributed by atoms with E-state index in [9.17, 15) is 4.79 Å². The Balaban J connectivity index is 0.00000312. The zero-order valence-corrected chi connectivity index (χ0v) is 17.9. The molecule has 0 aromatic heterocycles. The van der Waals surface area contributed by atoms with Gasteiger partial charge in [0.1, 0.15) is 0 Å². The lowest BCUT2D eigenvalue weighted by Gasteiger charge is -2.36. The van der Waals surface area contributed by atoms with Crippen molar-refractivity contribution in [3.05, 3.63) is 0 Å². The molecule has 25 heavy (non-hydrogen) atoms. The van der Waals surface area contributed by atoms with Gasteiger partial charge in [-0.3, -0.25) is 9.79 Å². The van der Waals surface area contributed by atoms with Crippen LogP contribution in [0.15, 0.2) is 4.99 Å². The van der Waals surface area contributed by atoms with Gasteiger partial charge in [-0.2, -0.15) is 0 Å². The average Bonchev–Trinajstić information content (AvgIpc) is 3.10. The maximum Gasteiger partial charge on any atom is 0.219 e. The maximum atomic E-state index is 11.4. The molecule has 2 saturated heterocycles. The summed E-state index contributed by atoms with van der Waals surface area (Å²) in [5.74, 6) is 1.10. The van der Waals surface area contributed by atoms with E-state index in [1.807, 2.05) is 4.90 Å². The zero-order chi connectivity index (χ0) is 17.2. The summed E-state index contributed by atoms with van der Waals surface area (Å²) in [6, 6.07) is 0. The number of carbonyl (C=O) groups excluding carboxylic acids is 1. The molecule has 0 saturated carbocycles. The van der Waals surface area contributed by atoms with Crippen LogP contribution in [0.25, 0.3) is 0 Å². The third kappa shape index (κ3) is 8.08. The Morgan fingerprint density at radius 2 is 2.00 bits per heavy atom. The van der Waals surface area contributed by atoms with Crippen molar-refractivity contribution >= 4 is 35.8 Å². The van der Waals surface area contributed by atoms with Crippen LogP contribution in [-0.4, -0.2) is 86.9 Å². The number of carbonyl (C=O) groups is 1. The van der Waals surface area contributed by atoms with Crippen molar-refractivity contribution < 1.29 is 14.3 Å². The minimum absolute atomic E-state index is 0. The minimum Gasteiger partial charge on any atom is -0.379 e. The molecule has 2 fully saturated rings. The number of hydrogen-bond donors (Lipinski definition) is 1. The molecule has 2 aliphatic heterocycles. The summed E-state index contributed by atoms with van der Waals surface area (Å²) >= 11 is 0. The van der Waals surface area contributed by atoms with Gasteiger partial charge in [0.15, 0.2) is 5.96 Å². The smallest absolute Gasteiger partial charge is 0.219 e. The van der Waals surface area contributed by atoms with Crippen LogP contribution in [0.3, 0.4) is 0 Å². The normalized spacial score (nSPS) is 21.2. The van der Waals surface area contributed by atoms with Crippen LogP contribution in [-0.2, 0) is 14.3 Å². The van der Waals surface area contributed by atoms with Crippen LogP contribution in [0.1, 0.15) is 33.1 Å². The second kappa shape index (κ2) is 12.7. The molecule has 0 radical (unpaired) electrons. The fourth-order valence-corrected chi connectivity index (χ4v) is 3.00. The summed E-state index contributed by atoms with van der Waals surface area (Å²) in [6.07, 6.45) is 3.48. The van der Waals surface area contributed by atoms with Crippen molar-refractivity contribution in [3.63, 3.8) is 0 Å². The molecule has 146 valence electrons. The summed E-state index contributed by atoms with van der Waals surface area (Å²) in [7, 11) is 0. The summed E-state index contributed by atoms with van der Waals surface area (Å²) in [6.45, 7) is 10.8. The summed E-state index contributed by atoms with van der Waals surface area (Å²) in [5.41, 5.74) is 0. The van der Waals surface area contributed by atoms with Crippen molar-refractivity contribution in [3.8, 4) is 0 Å². The number of nitrogens with zero attached hydrogens (tertiary/aromatic N) is 3. The monoisotopic (exact) mass is 468 g/mol. The van der Waals surface area contributed by atoms with Crippen LogP contribution >= 0.6 is 24.0 Å². The molecular formula is C17H33IN4O3. The number of ether oxygens (including phenoxy) is 2. The number of halogens is 1. The first-order valence-corrected chi connectivity index (χ1v) is 9.18. The first kappa shape index (κ1) is 22.4. The van der Waals surface area contributed by atoms with Gasteiger partial charge in [0.2, 0.25) is 5.91 Å². The van der Waals surface area contributed by atoms with E-state index in [0.717, 1.165) is 77.7 Å². The highest BCUT2D eigenvalue weighted by atomic mass is 127. The van der Waals surface area contributed by atoms with E-state index in [2.05, 4.69) is 17.1 Å². The predicted molar refractivity (Wildman–Crippen MR) is 110 cm³/mol. The molecule has 2 aliphatic rings. The van der Waals surface area contributed by atoms with Crippen molar-refractivity contribution in [1.29, 1.82) is 0 Å². The number of hydrogen-bond acceptors (Lipinski definition) is 4. The van der Waals surface area contributed by atoms with E-state index in [0.29, 0.717) is 12.7 Å². The summed E-state index contributed by atoms with van der Waals surface area (Å²) in [5, 5.41) is 3.34. The lowest BCUT2D eigenvalue weighted by molar-refractivity contribution is -0.130. The van der Waals surface area contributed by atoms with Gasteiger partial charge in [0, 0.05) is 59.4 Å². The third-order valence-electron chi connectivity index (χ3n) is 4.40. The quantitative estimate of drug-likeness (QED) is 0.264. The van der Waals surface area contributed by atoms with E-state index in [4.69, 9.17) is 14.5 Å². The van der Waals surface area contributed by atoms with E-state index >= 15 is 0 Å². The number of amides is 1. The Morgan fingerprint density at radius 1 is 1.28 bits per heavy atom. The van der Waals surface area contributed by atoms with Gasteiger partial charge in [-0.1, -0.05) is 0 Å².